The molecule has 16 heteroatoms. The van der Waals surface area contributed by atoms with Crippen molar-refractivity contribution in [3.63, 3.8) is 0 Å². The lowest BCUT2D eigenvalue weighted by molar-refractivity contribution is -0.153. The lowest BCUT2D eigenvalue weighted by Crippen LogP contribution is -2.65. The Balaban J connectivity index is 1.62. The van der Waals surface area contributed by atoms with Crippen molar-refractivity contribution in [3.8, 4) is 5.75 Å². The molecular weight excluding hydrogens is 579 g/mol. The molecule has 2 amide bonds. The number of aromatic hydroxyl groups is 1. The number of phenolic OH excluding ortho intramolecular Hbond substituents is 1. The van der Waals surface area contributed by atoms with Crippen molar-refractivity contribution in [3.05, 3.63) is 39.9 Å². The summed E-state index contributed by atoms with van der Waals surface area (Å²) in [4.78, 5) is 54.3. The lowest BCUT2D eigenvalue weighted by Gasteiger charge is -2.50. The number of alkyl halides is 2. The highest BCUT2D eigenvalue weighted by atomic mass is 19.3. The molecule has 1 saturated carbocycles. The third-order valence-corrected chi connectivity index (χ3v) is 8.99. The number of hydrogen-bond acceptors (Lipinski definition) is 11. The average Bonchev–Trinajstić information content (AvgIpc) is 3.10. The third kappa shape index (κ3) is 4.15. The molecule has 1 saturated heterocycles. The minimum Gasteiger partial charge on any atom is -0.508 e. The summed E-state index contributed by atoms with van der Waals surface area (Å²) in [7, 11) is 4.07. The number of hydrogen-bond donors (Lipinski definition) is 7. The number of fused-ring (bicyclic) bond motifs is 3. The van der Waals surface area contributed by atoms with Gasteiger partial charge in [0, 0.05) is 23.1 Å². The van der Waals surface area contributed by atoms with Crippen LogP contribution in [0.3, 0.4) is 0 Å². The number of rotatable bonds is 4. The molecule has 0 spiro atoms. The van der Waals surface area contributed by atoms with E-state index in [1.165, 1.54) is 26.0 Å². The number of aliphatic hydroxyl groups is 3. The number of carbonyl (C=O) groups excluding carboxylic acids is 4. The number of nitrogens with two attached hydrogens (primary N) is 2. The molecule has 1 aromatic rings. The van der Waals surface area contributed by atoms with Gasteiger partial charge in [0.25, 0.3) is 17.7 Å². The molecule has 13 nitrogen and oxygen atoms in total. The van der Waals surface area contributed by atoms with Crippen LogP contribution in [0, 0.1) is 17.7 Å². The fourth-order valence-electron chi connectivity index (χ4n) is 6.92. The second-order valence-corrected chi connectivity index (χ2v) is 11.8. The van der Waals surface area contributed by atoms with Gasteiger partial charge in [0.1, 0.15) is 22.9 Å². The first-order valence-corrected chi connectivity index (χ1v) is 13.2. The molecule has 0 unspecified atom stereocenters. The summed E-state index contributed by atoms with van der Waals surface area (Å²) in [6, 6.07) is -0.597. The SMILES string of the molecule is CN(C)[C@@H]1C(=O)C(C(N)=O)=C(O)[C@@]2(O)C(=O)C3=C(O)c4c(O)c(NC(=O)[C@]5(N)CC(F)(F)CN5C)cc(F)c4C[C@H]3C[C@@H]12. The zero-order valence-corrected chi connectivity index (χ0v) is 23.2. The number of primary amides is 1. The summed E-state index contributed by atoms with van der Waals surface area (Å²) in [5.74, 6) is -14.7. The molecule has 2 fully saturated rings. The number of amides is 2. The standard InChI is InChI=1S/C27H30F3N5O8/c1-34(2)17-11-5-9-4-10-12(28)6-13(33-24(42)26(32)7-25(29,30)8-35(26)3)18(36)15(10)19(37)14(9)21(39)27(11,43)22(40)16(20(17)38)23(31)41/h6,9,11,17,36-37,40,43H,4-5,7-8,32H2,1-3H3,(H2,31,41)(H,33,42)/t9-,11-,17-,26-,27-/m0/s1. The molecule has 0 aromatic heterocycles. The molecule has 0 radical (unpaired) electrons. The van der Waals surface area contributed by atoms with E-state index in [1.54, 1.807) is 0 Å². The number of carbonyl (C=O) groups is 4. The normalized spacial score (nSPS) is 32.1. The third-order valence-electron chi connectivity index (χ3n) is 8.99. The van der Waals surface area contributed by atoms with Gasteiger partial charge < -0.3 is 37.2 Å². The van der Waals surface area contributed by atoms with Gasteiger partial charge in [-0.2, -0.15) is 0 Å². The molecule has 1 heterocycles. The number of likely N-dealkylation sites (N-methyl/N-ethyl adjacent to an activating group) is 2. The van der Waals surface area contributed by atoms with E-state index in [1.807, 2.05) is 0 Å². The van der Waals surface area contributed by atoms with Crippen LogP contribution in [0.2, 0.25) is 0 Å². The van der Waals surface area contributed by atoms with E-state index in [2.05, 4.69) is 5.32 Å². The van der Waals surface area contributed by atoms with Gasteiger partial charge in [-0.3, -0.25) is 29.0 Å². The van der Waals surface area contributed by atoms with Crippen LogP contribution in [0.25, 0.3) is 5.76 Å². The van der Waals surface area contributed by atoms with Crippen molar-refractivity contribution in [1.29, 1.82) is 0 Å². The summed E-state index contributed by atoms with van der Waals surface area (Å²) < 4.78 is 43.4. The maximum absolute atomic E-state index is 15.5. The Morgan fingerprint density at radius 1 is 1.19 bits per heavy atom. The largest absolute Gasteiger partial charge is 0.508 e. The van der Waals surface area contributed by atoms with Gasteiger partial charge in [-0.05, 0) is 39.9 Å². The van der Waals surface area contributed by atoms with Crippen molar-refractivity contribution >= 4 is 34.8 Å². The van der Waals surface area contributed by atoms with Crippen molar-refractivity contribution in [2.75, 3.05) is 33.0 Å². The molecule has 4 aliphatic rings. The van der Waals surface area contributed by atoms with Crippen LogP contribution in [-0.4, -0.2) is 105 Å². The quantitative estimate of drug-likeness (QED) is 0.173. The van der Waals surface area contributed by atoms with E-state index >= 15 is 4.39 Å². The predicted molar refractivity (Wildman–Crippen MR) is 142 cm³/mol. The van der Waals surface area contributed by atoms with Gasteiger partial charge in [0.05, 0.1) is 30.3 Å². The van der Waals surface area contributed by atoms with Gasteiger partial charge in [-0.25, -0.2) is 13.2 Å². The van der Waals surface area contributed by atoms with Crippen LogP contribution in [0.15, 0.2) is 23.0 Å². The number of halogens is 3. The average molecular weight is 610 g/mol. The summed E-state index contributed by atoms with van der Waals surface area (Å²) in [5, 5.41) is 46.9. The van der Waals surface area contributed by atoms with Crippen LogP contribution < -0.4 is 16.8 Å². The highest BCUT2D eigenvalue weighted by Gasteiger charge is 2.64. The van der Waals surface area contributed by atoms with Crippen LogP contribution in [0.4, 0.5) is 18.9 Å². The van der Waals surface area contributed by atoms with Crippen molar-refractivity contribution in [2.24, 2.45) is 23.3 Å². The highest BCUT2D eigenvalue weighted by molar-refractivity contribution is 6.24. The van der Waals surface area contributed by atoms with E-state index in [9.17, 15) is 48.4 Å². The number of Topliss-reactive ketones (excluding diaryl/α,β-unsaturated/α-hetero) is 2. The minimum absolute atomic E-state index is 0.249. The van der Waals surface area contributed by atoms with Crippen LogP contribution in [-0.2, 0) is 25.6 Å². The Kier molecular flexibility index (Phi) is 6.73. The maximum atomic E-state index is 15.5. The molecule has 3 aliphatic carbocycles. The molecular formula is C27H30F3N5O8. The fourth-order valence-corrected chi connectivity index (χ4v) is 6.92. The first-order valence-electron chi connectivity index (χ1n) is 13.2. The fraction of sp³-hybridized carbons (Fsp3) is 0.481. The molecule has 43 heavy (non-hydrogen) atoms. The van der Waals surface area contributed by atoms with Crippen LogP contribution in [0.1, 0.15) is 24.0 Å². The second kappa shape index (κ2) is 9.51. The van der Waals surface area contributed by atoms with Gasteiger partial charge in [-0.1, -0.05) is 0 Å². The minimum atomic E-state index is -3.30. The first kappa shape index (κ1) is 30.5. The first-order chi connectivity index (χ1) is 19.8. The topological polar surface area (TPSA) is 220 Å². The van der Waals surface area contributed by atoms with Crippen molar-refractivity contribution in [1.82, 2.24) is 9.80 Å². The summed E-state index contributed by atoms with van der Waals surface area (Å²) in [5.41, 5.74) is 3.04. The molecule has 5 rings (SSSR count). The monoisotopic (exact) mass is 609 g/mol. The molecule has 5 atom stereocenters. The molecule has 9 N–H and O–H groups in total. The van der Waals surface area contributed by atoms with Gasteiger partial charge in [0.2, 0.25) is 5.78 Å². The molecule has 1 aliphatic heterocycles. The zero-order chi connectivity index (χ0) is 32.1. The number of anilines is 1. The summed E-state index contributed by atoms with van der Waals surface area (Å²) in [6.45, 7) is -0.833. The Morgan fingerprint density at radius 3 is 2.35 bits per heavy atom. The van der Waals surface area contributed by atoms with E-state index < -0.39 is 117 Å². The van der Waals surface area contributed by atoms with E-state index in [4.69, 9.17) is 11.5 Å². The van der Waals surface area contributed by atoms with Gasteiger partial charge >= 0.3 is 0 Å². The Labute approximate surface area is 242 Å². The Hall–Kier alpha value is -3.99. The molecule has 232 valence electrons. The van der Waals surface area contributed by atoms with Gasteiger partial charge in [-0.15, -0.1) is 0 Å². The number of likely N-dealkylation sites (tertiary alicyclic amines) is 1. The summed E-state index contributed by atoms with van der Waals surface area (Å²) >= 11 is 0. The maximum Gasteiger partial charge on any atom is 0.264 e. The number of benzene rings is 1. The Bertz CT molecular complexity index is 1580. The van der Waals surface area contributed by atoms with E-state index in [-0.39, 0.29) is 18.4 Å². The zero-order valence-electron chi connectivity index (χ0n) is 23.2. The van der Waals surface area contributed by atoms with Gasteiger partial charge in [0.15, 0.2) is 22.8 Å². The Morgan fingerprint density at radius 2 is 1.81 bits per heavy atom. The second-order valence-electron chi connectivity index (χ2n) is 11.8. The smallest absolute Gasteiger partial charge is 0.264 e. The number of ketones is 2. The number of nitrogens with zero attached hydrogens (tertiary/aromatic N) is 2. The van der Waals surface area contributed by atoms with Crippen molar-refractivity contribution < 1.29 is 52.8 Å². The number of nitrogens with one attached hydrogen (secondary N) is 1. The molecule has 1 aromatic carbocycles. The number of phenols is 1. The van der Waals surface area contributed by atoms with Crippen LogP contribution >= 0.6 is 0 Å². The highest BCUT2D eigenvalue weighted by Crippen LogP contribution is 2.53. The predicted octanol–water partition coefficient (Wildman–Crippen LogP) is -0.333. The lowest BCUT2D eigenvalue weighted by atomic mass is 9.57. The van der Waals surface area contributed by atoms with Crippen molar-refractivity contribution in [2.45, 2.75) is 42.5 Å². The van der Waals surface area contributed by atoms with Crippen LogP contribution in [0.5, 0.6) is 5.75 Å². The number of aliphatic hydroxyl groups excluding tert-OH is 2. The van der Waals surface area contributed by atoms with E-state index in [0.717, 1.165) is 4.90 Å². The van der Waals surface area contributed by atoms with E-state index in [0.29, 0.717) is 6.07 Å². The molecule has 0 bridgehead atoms. The summed E-state index contributed by atoms with van der Waals surface area (Å²) in [6.07, 6.45) is -1.64.